The Morgan fingerprint density at radius 2 is 2.13 bits per heavy atom. The second-order valence-electron chi connectivity index (χ2n) is 4.26. The predicted octanol–water partition coefficient (Wildman–Crippen LogP) is 1.77. The van der Waals surface area contributed by atoms with Gasteiger partial charge in [0.25, 0.3) is 0 Å². The highest BCUT2D eigenvalue weighted by molar-refractivity contribution is 5.51. The third-order valence-corrected chi connectivity index (χ3v) is 3.19. The Morgan fingerprint density at radius 3 is 2.73 bits per heavy atom. The number of aryl methyl sites for hydroxylation is 2. The fraction of sp³-hybridized carbons (Fsp3) is 0.500. The van der Waals surface area contributed by atoms with E-state index < -0.39 is 0 Å². The minimum Gasteiger partial charge on any atom is -0.369 e. The van der Waals surface area contributed by atoms with Crippen molar-refractivity contribution in [2.75, 3.05) is 18.0 Å². The topological polar surface area (TPSA) is 38.5 Å². The standard InChI is InChI=1S/C12H18N2O/c1-9-3-4-11(7-10(9)2)14-6-5-12(8-14)15-13/h3-4,7,12H,5-6,8,13H2,1-2H3. The molecule has 0 bridgehead atoms. The van der Waals surface area contributed by atoms with Gasteiger partial charge in [-0.1, -0.05) is 6.07 Å². The molecule has 3 nitrogen and oxygen atoms in total. The molecule has 0 saturated carbocycles. The predicted molar refractivity (Wildman–Crippen MR) is 61.8 cm³/mol. The van der Waals surface area contributed by atoms with E-state index in [1.165, 1.54) is 16.8 Å². The Kier molecular flexibility index (Phi) is 2.93. The maximum Gasteiger partial charge on any atom is 0.0978 e. The van der Waals surface area contributed by atoms with Crippen molar-refractivity contribution < 1.29 is 4.84 Å². The molecular weight excluding hydrogens is 188 g/mol. The van der Waals surface area contributed by atoms with Gasteiger partial charge < -0.3 is 4.90 Å². The summed E-state index contributed by atoms with van der Waals surface area (Å²) in [6.45, 7) is 6.21. The highest BCUT2D eigenvalue weighted by Gasteiger charge is 2.22. The third kappa shape index (κ3) is 2.13. The van der Waals surface area contributed by atoms with Crippen molar-refractivity contribution in [1.29, 1.82) is 0 Å². The average Bonchev–Trinajstić information content (AvgIpc) is 2.70. The van der Waals surface area contributed by atoms with E-state index in [1.54, 1.807) is 0 Å². The summed E-state index contributed by atoms with van der Waals surface area (Å²) in [5.74, 6) is 5.20. The summed E-state index contributed by atoms with van der Waals surface area (Å²) in [7, 11) is 0. The summed E-state index contributed by atoms with van der Waals surface area (Å²) in [5.41, 5.74) is 3.95. The first-order valence-electron chi connectivity index (χ1n) is 5.38. The molecule has 0 amide bonds. The summed E-state index contributed by atoms with van der Waals surface area (Å²) in [6.07, 6.45) is 1.20. The van der Waals surface area contributed by atoms with Gasteiger partial charge in [-0.25, -0.2) is 5.90 Å². The number of nitrogens with zero attached hydrogens (tertiary/aromatic N) is 1. The Bertz CT molecular complexity index is 351. The van der Waals surface area contributed by atoms with Crippen LogP contribution in [0.15, 0.2) is 18.2 Å². The first-order chi connectivity index (χ1) is 7.20. The molecule has 1 fully saturated rings. The van der Waals surface area contributed by atoms with E-state index in [4.69, 9.17) is 10.7 Å². The number of nitrogens with two attached hydrogens (primary N) is 1. The first kappa shape index (κ1) is 10.5. The second-order valence-corrected chi connectivity index (χ2v) is 4.26. The van der Waals surface area contributed by atoms with Crippen molar-refractivity contribution in [1.82, 2.24) is 0 Å². The molecule has 1 aliphatic rings. The minimum atomic E-state index is 0.187. The smallest absolute Gasteiger partial charge is 0.0978 e. The van der Waals surface area contributed by atoms with E-state index in [9.17, 15) is 0 Å². The molecule has 1 saturated heterocycles. The van der Waals surface area contributed by atoms with E-state index in [1.807, 2.05) is 0 Å². The average molecular weight is 206 g/mol. The molecule has 2 N–H and O–H groups in total. The van der Waals surface area contributed by atoms with Gasteiger partial charge >= 0.3 is 0 Å². The Balaban J connectivity index is 2.13. The maximum absolute atomic E-state index is 5.20. The van der Waals surface area contributed by atoms with Crippen molar-refractivity contribution in [3.8, 4) is 0 Å². The Morgan fingerprint density at radius 1 is 1.33 bits per heavy atom. The molecule has 1 heterocycles. The summed E-state index contributed by atoms with van der Waals surface area (Å²) in [4.78, 5) is 7.20. The molecule has 3 heteroatoms. The molecule has 2 rings (SSSR count). The molecule has 1 atom stereocenters. The van der Waals surface area contributed by atoms with Gasteiger partial charge in [-0.15, -0.1) is 0 Å². The van der Waals surface area contributed by atoms with Crippen LogP contribution < -0.4 is 10.8 Å². The lowest BCUT2D eigenvalue weighted by molar-refractivity contribution is 0.0690. The molecule has 1 unspecified atom stereocenters. The fourth-order valence-electron chi connectivity index (χ4n) is 2.00. The van der Waals surface area contributed by atoms with E-state index in [2.05, 4.69) is 36.9 Å². The molecular formula is C12H18N2O. The van der Waals surface area contributed by atoms with Gasteiger partial charge in [0.15, 0.2) is 0 Å². The lowest BCUT2D eigenvalue weighted by atomic mass is 10.1. The molecule has 15 heavy (non-hydrogen) atoms. The van der Waals surface area contributed by atoms with Crippen molar-refractivity contribution in [3.63, 3.8) is 0 Å². The van der Waals surface area contributed by atoms with Gasteiger partial charge in [0.2, 0.25) is 0 Å². The zero-order chi connectivity index (χ0) is 10.8. The van der Waals surface area contributed by atoms with E-state index in [-0.39, 0.29) is 6.10 Å². The molecule has 0 radical (unpaired) electrons. The number of hydrogen-bond acceptors (Lipinski definition) is 3. The molecule has 0 aliphatic carbocycles. The summed E-state index contributed by atoms with van der Waals surface area (Å²) >= 11 is 0. The number of anilines is 1. The van der Waals surface area contributed by atoms with Crippen molar-refractivity contribution >= 4 is 5.69 Å². The largest absolute Gasteiger partial charge is 0.369 e. The highest BCUT2D eigenvalue weighted by Crippen LogP contribution is 2.23. The Hall–Kier alpha value is -1.06. The molecule has 82 valence electrons. The van der Waals surface area contributed by atoms with Gasteiger partial charge in [-0.05, 0) is 43.5 Å². The lowest BCUT2D eigenvalue weighted by Gasteiger charge is -2.19. The van der Waals surface area contributed by atoms with Crippen molar-refractivity contribution in [3.05, 3.63) is 29.3 Å². The van der Waals surface area contributed by atoms with Crippen LogP contribution in [0.1, 0.15) is 17.5 Å². The number of rotatable bonds is 2. The molecule has 0 spiro atoms. The van der Waals surface area contributed by atoms with Gasteiger partial charge in [0, 0.05) is 18.8 Å². The highest BCUT2D eigenvalue weighted by atomic mass is 16.6. The summed E-state index contributed by atoms with van der Waals surface area (Å²) in [5, 5.41) is 0. The molecule has 1 aromatic carbocycles. The van der Waals surface area contributed by atoms with Crippen LogP contribution in [-0.4, -0.2) is 19.2 Å². The third-order valence-electron chi connectivity index (χ3n) is 3.19. The maximum atomic E-state index is 5.20. The van der Waals surface area contributed by atoms with Gasteiger partial charge in [0.05, 0.1) is 6.10 Å². The van der Waals surface area contributed by atoms with E-state index >= 15 is 0 Å². The van der Waals surface area contributed by atoms with Crippen LogP contribution in [0.5, 0.6) is 0 Å². The summed E-state index contributed by atoms with van der Waals surface area (Å²) in [6, 6.07) is 6.57. The molecule has 0 aromatic heterocycles. The van der Waals surface area contributed by atoms with Gasteiger partial charge in [-0.3, -0.25) is 4.84 Å². The lowest BCUT2D eigenvalue weighted by Crippen LogP contribution is -2.24. The normalized spacial score (nSPS) is 21.0. The monoisotopic (exact) mass is 206 g/mol. The SMILES string of the molecule is Cc1ccc(N2CCC(ON)C2)cc1C. The fourth-order valence-corrected chi connectivity index (χ4v) is 2.00. The molecule has 1 aromatic rings. The van der Waals surface area contributed by atoms with Gasteiger partial charge in [-0.2, -0.15) is 0 Å². The van der Waals surface area contributed by atoms with Crippen molar-refractivity contribution in [2.24, 2.45) is 5.90 Å². The van der Waals surface area contributed by atoms with E-state index in [0.717, 1.165) is 19.5 Å². The van der Waals surface area contributed by atoms with Crippen LogP contribution in [0.3, 0.4) is 0 Å². The zero-order valence-corrected chi connectivity index (χ0v) is 9.36. The van der Waals surface area contributed by atoms with Crippen LogP contribution in [0.2, 0.25) is 0 Å². The number of hydrogen-bond donors (Lipinski definition) is 1. The van der Waals surface area contributed by atoms with Crippen LogP contribution in [-0.2, 0) is 4.84 Å². The summed E-state index contributed by atoms with van der Waals surface area (Å²) < 4.78 is 0. The van der Waals surface area contributed by atoms with Crippen LogP contribution >= 0.6 is 0 Å². The first-order valence-corrected chi connectivity index (χ1v) is 5.38. The van der Waals surface area contributed by atoms with E-state index in [0.29, 0.717) is 0 Å². The molecule has 1 aliphatic heterocycles. The Labute approximate surface area is 90.8 Å². The van der Waals surface area contributed by atoms with Crippen molar-refractivity contribution in [2.45, 2.75) is 26.4 Å². The zero-order valence-electron chi connectivity index (χ0n) is 9.36. The van der Waals surface area contributed by atoms with Crippen LogP contribution in [0, 0.1) is 13.8 Å². The number of benzene rings is 1. The second kappa shape index (κ2) is 4.21. The van der Waals surface area contributed by atoms with Crippen LogP contribution in [0.4, 0.5) is 5.69 Å². The van der Waals surface area contributed by atoms with Gasteiger partial charge in [0.1, 0.15) is 0 Å². The quantitative estimate of drug-likeness (QED) is 0.749. The van der Waals surface area contributed by atoms with Crippen LogP contribution in [0.25, 0.3) is 0 Å². The minimum absolute atomic E-state index is 0.187.